The maximum Gasteiger partial charge on any atom is 0.223 e. The molecule has 0 aliphatic heterocycles. The molecule has 1 amide bonds. The Hall–Kier alpha value is -1.18. The highest BCUT2D eigenvalue weighted by atomic mass is 35.5. The minimum atomic E-state index is -3.66. The molecule has 8 heteroatoms. The largest absolute Gasteiger partial charge is 0.342 e. The van der Waals surface area contributed by atoms with E-state index in [9.17, 15) is 17.6 Å². The standard InChI is InChI=1S/C14H21FN2O3S.ClH/c1-10(9-16)17(3)14(18)8-11(2)21(19,20)13-6-4-12(15)5-7-13;/h4-7,10-11H,8-9,16H2,1-3H3;1H. The van der Waals surface area contributed by atoms with E-state index in [-0.39, 0.29) is 35.7 Å². The van der Waals surface area contributed by atoms with Crippen molar-refractivity contribution < 1.29 is 17.6 Å². The number of sulfone groups is 1. The number of benzene rings is 1. The summed E-state index contributed by atoms with van der Waals surface area (Å²) in [5.74, 6) is -0.791. The summed E-state index contributed by atoms with van der Waals surface area (Å²) < 4.78 is 37.5. The van der Waals surface area contributed by atoms with E-state index in [4.69, 9.17) is 5.73 Å². The summed E-state index contributed by atoms with van der Waals surface area (Å²) in [5, 5.41) is -0.886. The Kier molecular flexibility index (Phi) is 8.00. The number of hydrogen-bond donors (Lipinski definition) is 1. The zero-order chi connectivity index (χ0) is 16.2. The van der Waals surface area contributed by atoms with Crippen LogP contribution in [0.15, 0.2) is 29.2 Å². The van der Waals surface area contributed by atoms with Crippen LogP contribution in [0.3, 0.4) is 0 Å². The molecule has 0 bridgehead atoms. The monoisotopic (exact) mass is 352 g/mol. The second-order valence-electron chi connectivity index (χ2n) is 5.10. The van der Waals surface area contributed by atoms with Crippen LogP contribution in [0.2, 0.25) is 0 Å². The van der Waals surface area contributed by atoms with E-state index < -0.39 is 20.9 Å². The average molecular weight is 353 g/mol. The van der Waals surface area contributed by atoms with Crippen LogP contribution in [0.5, 0.6) is 0 Å². The molecule has 0 aliphatic carbocycles. The Balaban J connectivity index is 0.00000441. The van der Waals surface area contributed by atoms with Crippen LogP contribution in [-0.2, 0) is 14.6 Å². The third-order valence-corrected chi connectivity index (χ3v) is 5.68. The van der Waals surface area contributed by atoms with E-state index in [0.29, 0.717) is 6.54 Å². The van der Waals surface area contributed by atoms with Gasteiger partial charge >= 0.3 is 0 Å². The van der Waals surface area contributed by atoms with Crippen LogP contribution in [0, 0.1) is 5.82 Å². The predicted octanol–water partition coefficient (Wildman–Crippen LogP) is 1.61. The molecule has 0 saturated heterocycles. The molecule has 22 heavy (non-hydrogen) atoms. The summed E-state index contributed by atoms with van der Waals surface area (Å²) >= 11 is 0. The van der Waals surface area contributed by atoms with Crippen LogP contribution >= 0.6 is 12.4 Å². The van der Waals surface area contributed by atoms with Gasteiger partial charge in [-0.15, -0.1) is 12.4 Å². The molecule has 5 nitrogen and oxygen atoms in total. The van der Waals surface area contributed by atoms with Crippen LogP contribution in [0.25, 0.3) is 0 Å². The van der Waals surface area contributed by atoms with Gasteiger partial charge in [-0.3, -0.25) is 4.79 Å². The molecule has 0 heterocycles. The molecule has 0 aromatic heterocycles. The smallest absolute Gasteiger partial charge is 0.223 e. The number of carbonyl (C=O) groups is 1. The van der Waals surface area contributed by atoms with Crippen molar-refractivity contribution in [1.82, 2.24) is 4.90 Å². The number of carbonyl (C=O) groups excluding carboxylic acids is 1. The number of hydrogen-bond acceptors (Lipinski definition) is 4. The minimum absolute atomic E-state index is 0. The van der Waals surface area contributed by atoms with Gasteiger partial charge in [0.25, 0.3) is 0 Å². The van der Waals surface area contributed by atoms with E-state index in [2.05, 4.69) is 0 Å². The molecule has 0 radical (unpaired) electrons. The number of nitrogens with zero attached hydrogens (tertiary/aromatic N) is 1. The molecule has 2 atom stereocenters. The Bertz CT molecular complexity index is 593. The van der Waals surface area contributed by atoms with Gasteiger partial charge in [0.2, 0.25) is 5.91 Å². The molecule has 2 N–H and O–H groups in total. The predicted molar refractivity (Wildman–Crippen MR) is 86.2 cm³/mol. The third kappa shape index (κ3) is 4.93. The highest BCUT2D eigenvalue weighted by Gasteiger charge is 2.27. The van der Waals surface area contributed by atoms with Gasteiger partial charge in [-0.25, -0.2) is 12.8 Å². The molecular formula is C14H22ClFN2O3S. The molecule has 1 aromatic rings. The molecule has 126 valence electrons. The van der Waals surface area contributed by atoms with Crippen LogP contribution in [-0.4, -0.2) is 44.1 Å². The SMILES string of the molecule is CC(CN)N(C)C(=O)CC(C)S(=O)(=O)c1ccc(F)cc1.Cl. The average Bonchev–Trinajstić information content (AvgIpc) is 2.45. The highest BCUT2D eigenvalue weighted by Crippen LogP contribution is 2.19. The number of likely N-dealkylation sites (N-methyl/N-ethyl adjacent to an activating group) is 1. The van der Waals surface area contributed by atoms with Crippen molar-refractivity contribution in [3.05, 3.63) is 30.1 Å². The lowest BCUT2D eigenvalue weighted by Gasteiger charge is -2.25. The van der Waals surface area contributed by atoms with Crippen molar-refractivity contribution in [2.45, 2.75) is 36.5 Å². The summed E-state index contributed by atoms with van der Waals surface area (Å²) in [6, 6.07) is 4.43. The first kappa shape index (κ1) is 20.8. The van der Waals surface area contributed by atoms with E-state index in [1.54, 1.807) is 14.0 Å². The fourth-order valence-electron chi connectivity index (χ4n) is 1.76. The van der Waals surface area contributed by atoms with Crippen molar-refractivity contribution in [2.75, 3.05) is 13.6 Å². The molecule has 0 aliphatic rings. The van der Waals surface area contributed by atoms with Crippen LogP contribution in [0.4, 0.5) is 4.39 Å². The number of rotatable bonds is 6. The summed E-state index contributed by atoms with van der Waals surface area (Å²) in [6.45, 7) is 3.57. The highest BCUT2D eigenvalue weighted by molar-refractivity contribution is 7.92. The van der Waals surface area contributed by atoms with Gasteiger partial charge in [0.1, 0.15) is 5.82 Å². The van der Waals surface area contributed by atoms with Gasteiger partial charge in [-0.2, -0.15) is 0 Å². The zero-order valence-corrected chi connectivity index (χ0v) is 14.5. The van der Waals surface area contributed by atoms with Crippen LogP contribution in [0.1, 0.15) is 20.3 Å². The molecule has 0 fully saturated rings. The molecule has 0 saturated carbocycles. The van der Waals surface area contributed by atoms with Crippen molar-refractivity contribution in [3.63, 3.8) is 0 Å². The first-order valence-corrected chi connectivity index (χ1v) is 8.20. The normalized spacial score (nSPS) is 13.9. The topological polar surface area (TPSA) is 80.5 Å². The van der Waals surface area contributed by atoms with Gasteiger partial charge in [-0.1, -0.05) is 0 Å². The summed E-state index contributed by atoms with van der Waals surface area (Å²) in [6.07, 6.45) is -0.138. The van der Waals surface area contributed by atoms with Gasteiger partial charge in [0.05, 0.1) is 10.1 Å². The lowest BCUT2D eigenvalue weighted by molar-refractivity contribution is -0.131. The fraction of sp³-hybridized carbons (Fsp3) is 0.500. The summed E-state index contributed by atoms with van der Waals surface area (Å²) in [7, 11) is -2.07. The summed E-state index contributed by atoms with van der Waals surface area (Å²) in [5.41, 5.74) is 5.48. The van der Waals surface area contributed by atoms with E-state index in [1.165, 1.54) is 24.0 Å². The van der Waals surface area contributed by atoms with Gasteiger partial charge in [0.15, 0.2) is 9.84 Å². The Morgan fingerprint density at radius 2 is 1.77 bits per heavy atom. The third-order valence-electron chi connectivity index (χ3n) is 3.53. The first-order valence-electron chi connectivity index (χ1n) is 6.65. The maximum absolute atomic E-state index is 12.9. The first-order chi connectivity index (χ1) is 9.70. The second-order valence-corrected chi connectivity index (χ2v) is 7.47. The van der Waals surface area contributed by atoms with Gasteiger partial charge in [0, 0.05) is 26.1 Å². The molecule has 2 unspecified atom stereocenters. The maximum atomic E-state index is 12.9. The minimum Gasteiger partial charge on any atom is -0.342 e. The lowest BCUT2D eigenvalue weighted by Crippen LogP contribution is -2.41. The Morgan fingerprint density at radius 3 is 2.23 bits per heavy atom. The number of halogens is 2. The number of amides is 1. The van der Waals surface area contributed by atoms with E-state index in [0.717, 1.165) is 12.1 Å². The summed E-state index contributed by atoms with van der Waals surface area (Å²) in [4.78, 5) is 13.5. The molecule has 1 rings (SSSR count). The molecule has 1 aromatic carbocycles. The number of nitrogens with two attached hydrogens (primary N) is 1. The van der Waals surface area contributed by atoms with Crippen molar-refractivity contribution in [3.8, 4) is 0 Å². The second kappa shape index (κ2) is 8.45. The quantitative estimate of drug-likeness (QED) is 0.789. The van der Waals surface area contributed by atoms with Gasteiger partial charge in [-0.05, 0) is 38.1 Å². The van der Waals surface area contributed by atoms with Crippen LogP contribution < -0.4 is 5.73 Å². The molecule has 0 spiro atoms. The van der Waals surface area contributed by atoms with Crippen molar-refractivity contribution in [1.29, 1.82) is 0 Å². The molecular weight excluding hydrogens is 331 g/mol. The van der Waals surface area contributed by atoms with Crippen molar-refractivity contribution >= 4 is 28.2 Å². The Morgan fingerprint density at radius 1 is 1.27 bits per heavy atom. The van der Waals surface area contributed by atoms with E-state index >= 15 is 0 Å². The van der Waals surface area contributed by atoms with Crippen molar-refractivity contribution in [2.24, 2.45) is 5.73 Å². The lowest BCUT2D eigenvalue weighted by atomic mass is 10.2. The zero-order valence-electron chi connectivity index (χ0n) is 12.8. The fourth-order valence-corrected chi connectivity index (χ4v) is 3.10. The Labute approximate surface area is 137 Å². The van der Waals surface area contributed by atoms with Gasteiger partial charge < -0.3 is 10.6 Å². The van der Waals surface area contributed by atoms with E-state index in [1.807, 2.05) is 0 Å².